The van der Waals surface area contributed by atoms with Crippen LogP contribution in [0, 0.1) is 0 Å². The maximum Gasteiger partial charge on any atom is 0.271 e. The van der Waals surface area contributed by atoms with Gasteiger partial charge in [0.1, 0.15) is 0 Å². The Labute approximate surface area is 157 Å². The Hall–Kier alpha value is -1.70. The van der Waals surface area contributed by atoms with E-state index in [-0.39, 0.29) is 11.4 Å². The summed E-state index contributed by atoms with van der Waals surface area (Å²) in [5.74, 6) is -0.0951. The van der Waals surface area contributed by atoms with Gasteiger partial charge in [-0.15, -0.1) is 11.3 Å². The third-order valence-electron chi connectivity index (χ3n) is 5.64. The summed E-state index contributed by atoms with van der Waals surface area (Å²) in [6.45, 7) is 4.19. The van der Waals surface area contributed by atoms with Gasteiger partial charge in [0, 0.05) is 25.2 Å². The van der Waals surface area contributed by atoms with Gasteiger partial charge < -0.3 is 10.1 Å². The minimum atomic E-state index is -0.0951. The Kier molecular flexibility index (Phi) is 5.38. The number of H-pyrrole nitrogens is 1. The Morgan fingerprint density at radius 2 is 2.12 bits per heavy atom. The maximum atomic E-state index is 12.7. The van der Waals surface area contributed by atoms with E-state index in [0.717, 1.165) is 49.7 Å². The number of carbonyl (C=O) groups excluding carboxylic acids is 1. The highest BCUT2D eigenvalue weighted by atomic mass is 32.1. The SMILES string of the molecule is O=C(NCC1(N2CCOCC2)CCCCC1)c1cc(-c2cccs2)[nH]n1. The third kappa shape index (κ3) is 3.70. The van der Waals surface area contributed by atoms with E-state index in [9.17, 15) is 4.79 Å². The van der Waals surface area contributed by atoms with Gasteiger partial charge in [0.15, 0.2) is 5.69 Å². The lowest BCUT2D eigenvalue weighted by molar-refractivity contribution is -0.0361. The summed E-state index contributed by atoms with van der Waals surface area (Å²) in [5.41, 5.74) is 1.43. The quantitative estimate of drug-likeness (QED) is 0.844. The molecule has 7 heteroatoms. The lowest BCUT2D eigenvalue weighted by Crippen LogP contribution is -2.59. The molecule has 2 fully saturated rings. The van der Waals surface area contributed by atoms with Gasteiger partial charge in [-0.2, -0.15) is 5.10 Å². The fourth-order valence-corrected chi connectivity index (χ4v) is 4.88. The summed E-state index contributed by atoms with van der Waals surface area (Å²) in [4.78, 5) is 16.3. The molecule has 2 aromatic heterocycles. The van der Waals surface area contributed by atoms with Crippen molar-refractivity contribution in [3.05, 3.63) is 29.3 Å². The van der Waals surface area contributed by atoms with Gasteiger partial charge in [-0.1, -0.05) is 25.3 Å². The molecule has 1 saturated heterocycles. The van der Waals surface area contributed by atoms with Crippen LogP contribution in [0.1, 0.15) is 42.6 Å². The average Bonchev–Trinajstić information content (AvgIpc) is 3.39. The maximum absolute atomic E-state index is 12.7. The fourth-order valence-electron chi connectivity index (χ4n) is 4.18. The number of rotatable bonds is 5. The topological polar surface area (TPSA) is 70.2 Å². The number of aromatic amines is 1. The van der Waals surface area contributed by atoms with Gasteiger partial charge in [0.25, 0.3) is 5.91 Å². The first-order valence-electron chi connectivity index (χ1n) is 9.47. The predicted molar refractivity (Wildman–Crippen MR) is 102 cm³/mol. The van der Waals surface area contributed by atoms with Crippen LogP contribution in [0.25, 0.3) is 10.6 Å². The summed E-state index contributed by atoms with van der Waals surface area (Å²) in [7, 11) is 0. The molecule has 0 bridgehead atoms. The van der Waals surface area contributed by atoms with E-state index < -0.39 is 0 Å². The largest absolute Gasteiger partial charge is 0.379 e. The van der Waals surface area contributed by atoms with Crippen LogP contribution in [0.4, 0.5) is 0 Å². The number of hydrogen-bond donors (Lipinski definition) is 2. The minimum absolute atomic E-state index is 0.0740. The van der Waals surface area contributed by atoms with Crippen LogP contribution in [0.3, 0.4) is 0 Å². The van der Waals surface area contributed by atoms with Gasteiger partial charge in [0.2, 0.25) is 0 Å². The summed E-state index contributed by atoms with van der Waals surface area (Å²) in [5, 5.41) is 12.4. The van der Waals surface area contributed by atoms with Gasteiger partial charge >= 0.3 is 0 Å². The Bertz CT molecular complexity index is 716. The van der Waals surface area contributed by atoms with Crippen LogP contribution in [-0.2, 0) is 4.74 Å². The van der Waals surface area contributed by atoms with E-state index in [1.165, 1.54) is 19.3 Å². The normalized spacial score (nSPS) is 20.8. The molecular formula is C19H26N4O2S. The van der Waals surface area contributed by atoms with Crippen LogP contribution in [0.2, 0.25) is 0 Å². The summed E-state index contributed by atoms with van der Waals surface area (Å²) < 4.78 is 5.53. The highest BCUT2D eigenvalue weighted by Crippen LogP contribution is 2.34. The van der Waals surface area contributed by atoms with Gasteiger partial charge in [0.05, 0.1) is 23.8 Å². The first-order chi connectivity index (χ1) is 12.8. The third-order valence-corrected chi connectivity index (χ3v) is 6.54. The molecule has 0 unspecified atom stereocenters. The second-order valence-corrected chi connectivity index (χ2v) is 8.16. The Balaban J connectivity index is 1.43. The van der Waals surface area contributed by atoms with Crippen LogP contribution in [0.5, 0.6) is 0 Å². The van der Waals surface area contributed by atoms with Crippen molar-refractivity contribution in [2.75, 3.05) is 32.8 Å². The molecule has 1 saturated carbocycles. The predicted octanol–water partition coefficient (Wildman–Crippen LogP) is 2.90. The van der Waals surface area contributed by atoms with E-state index in [1.807, 2.05) is 23.6 Å². The summed E-state index contributed by atoms with van der Waals surface area (Å²) >= 11 is 1.63. The number of hydrogen-bond acceptors (Lipinski definition) is 5. The lowest BCUT2D eigenvalue weighted by Gasteiger charge is -2.48. The van der Waals surface area contributed by atoms with Crippen LogP contribution >= 0.6 is 11.3 Å². The van der Waals surface area contributed by atoms with Crippen molar-refractivity contribution >= 4 is 17.2 Å². The molecule has 4 rings (SSSR count). The van der Waals surface area contributed by atoms with E-state index in [1.54, 1.807) is 11.3 Å². The molecule has 6 nitrogen and oxygen atoms in total. The zero-order valence-corrected chi connectivity index (χ0v) is 15.8. The molecule has 2 aromatic rings. The molecular weight excluding hydrogens is 348 g/mol. The van der Waals surface area contributed by atoms with E-state index >= 15 is 0 Å². The molecule has 0 aromatic carbocycles. The van der Waals surface area contributed by atoms with Crippen molar-refractivity contribution in [1.82, 2.24) is 20.4 Å². The highest BCUT2D eigenvalue weighted by Gasteiger charge is 2.38. The van der Waals surface area contributed by atoms with Crippen LogP contribution < -0.4 is 5.32 Å². The van der Waals surface area contributed by atoms with E-state index in [4.69, 9.17) is 4.74 Å². The number of aromatic nitrogens is 2. The van der Waals surface area contributed by atoms with Gasteiger partial charge in [-0.05, 0) is 30.4 Å². The zero-order chi connectivity index (χ0) is 17.8. The van der Waals surface area contributed by atoms with E-state index in [0.29, 0.717) is 12.2 Å². The number of morpholine rings is 1. The number of nitrogens with zero attached hydrogens (tertiary/aromatic N) is 2. The van der Waals surface area contributed by atoms with Gasteiger partial charge in [-0.3, -0.25) is 14.8 Å². The number of carbonyl (C=O) groups is 1. The molecule has 0 spiro atoms. The summed E-state index contributed by atoms with van der Waals surface area (Å²) in [6, 6.07) is 5.86. The number of nitrogens with one attached hydrogen (secondary N) is 2. The second-order valence-electron chi connectivity index (χ2n) is 7.21. The molecule has 1 aliphatic heterocycles. The standard InChI is InChI=1S/C19H26N4O2S/c24-18(16-13-15(21-22-16)17-5-4-12-26-17)20-14-19(6-2-1-3-7-19)23-8-10-25-11-9-23/h4-5,12-13H,1-3,6-11,14H2,(H,20,24)(H,21,22). The first kappa shape index (κ1) is 17.7. The summed E-state index contributed by atoms with van der Waals surface area (Å²) in [6.07, 6.45) is 6.06. The van der Waals surface area contributed by atoms with Crippen molar-refractivity contribution in [2.45, 2.75) is 37.6 Å². The van der Waals surface area contributed by atoms with Gasteiger partial charge in [-0.25, -0.2) is 0 Å². The molecule has 2 aliphatic rings. The van der Waals surface area contributed by atoms with Crippen molar-refractivity contribution in [3.63, 3.8) is 0 Å². The average molecular weight is 375 g/mol. The lowest BCUT2D eigenvalue weighted by atomic mass is 9.79. The van der Waals surface area contributed by atoms with Crippen molar-refractivity contribution in [1.29, 1.82) is 0 Å². The zero-order valence-electron chi connectivity index (χ0n) is 15.0. The molecule has 0 radical (unpaired) electrons. The second kappa shape index (κ2) is 7.90. The Morgan fingerprint density at radius 1 is 1.31 bits per heavy atom. The first-order valence-corrected chi connectivity index (χ1v) is 10.4. The molecule has 1 aliphatic carbocycles. The van der Waals surface area contributed by atoms with Crippen molar-refractivity contribution in [2.24, 2.45) is 0 Å². The van der Waals surface area contributed by atoms with Crippen LogP contribution in [-0.4, -0.2) is 59.4 Å². The fraction of sp³-hybridized carbons (Fsp3) is 0.579. The monoisotopic (exact) mass is 374 g/mol. The van der Waals surface area contributed by atoms with Crippen LogP contribution in [0.15, 0.2) is 23.6 Å². The van der Waals surface area contributed by atoms with E-state index in [2.05, 4.69) is 20.4 Å². The molecule has 1 amide bonds. The molecule has 140 valence electrons. The Morgan fingerprint density at radius 3 is 2.85 bits per heavy atom. The smallest absolute Gasteiger partial charge is 0.271 e. The molecule has 0 atom stereocenters. The number of thiophene rings is 1. The van der Waals surface area contributed by atoms with Crippen molar-refractivity contribution in [3.8, 4) is 10.6 Å². The molecule has 3 heterocycles. The number of ether oxygens (including phenoxy) is 1. The minimum Gasteiger partial charge on any atom is -0.379 e. The van der Waals surface area contributed by atoms with Crippen molar-refractivity contribution < 1.29 is 9.53 Å². The number of amides is 1. The molecule has 2 N–H and O–H groups in total. The molecule has 26 heavy (non-hydrogen) atoms. The highest BCUT2D eigenvalue weighted by molar-refractivity contribution is 7.13.